The first-order chi connectivity index (χ1) is 57.3. The summed E-state index contributed by atoms with van der Waals surface area (Å²) >= 11 is 3.64. The van der Waals surface area contributed by atoms with E-state index in [1.807, 2.05) is 48.5 Å². The summed E-state index contributed by atoms with van der Waals surface area (Å²) in [6.07, 6.45) is 0. The molecular weight excluding hydrogens is 1480 g/mol. The zero-order chi connectivity index (χ0) is 78.1. The number of para-hydroxylation sites is 2. The van der Waals surface area contributed by atoms with Crippen LogP contribution in [0, 0.1) is 0 Å². The summed E-state index contributed by atoms with van der Waals surface area (Å²) < 4.78 is 5.82. The summed E-state index contributed by atoms with van der Waals surface area (Å²) in [5.41, 5.74) is 30.7. The van der Waals surface area contributed by atoms with Crippen LogP contribution in [-0.4, -0.2) is 26.3 Å². The van der Waals surface area contributed by atoms with Crippen LogP contribution in [0.15, 0.2) is 466 Å². The van der Waals surface area contributed by atoms with Gasteiger partial charge in [0, 0.05) is 71.5 Å². The highest BCUT2D eigenvalue weighted by atomic mass is 79.9. The van der Waals surface area contributed by atoms with Crippen molar-refractivity contribution >= 4 is 106 Å². The molecule has 0 aliphatic heterocycles. The van der Waals surface area contributed by atoms with E-state index in [0.717, 1.165) is 55.4 Å². The number of hydrogen-bond donors (Lipinski definition) is 2. The Hall–Kier alpha value is -14.4. The van der Waals surface area contributed by atoms with E-state index < -0.39 is 7.12 Å². The summed E-state index contributed by atoms with van der Waals surface area (Å²) in [4.78, 5) is 4.51. The fraction of sp³-hybridized carbons (Fsp3) is 0. The molecule has 0 atom stereocenters. The van der Waals surface area contributed by atoms with E-state index in [1.165, 1.54) is 116 Å². The van der Waals surface area contributed by atoms with Crippen LogP contribution in [-0.2, 0) is 0 Å². The lowest BCUT2D eigenvalue weighted by molar-refractivity contribution is 0.426. The predicted molar refractivity (Wildman–Crippen MR) is 493 cm³/mol. The van der Waals surface area contributed by atoms with Crippen LogP contribution in [0.4, 0.5) is 34.1 Å². The van der Waals surface area contributed by atoms with E-state index in [0.29, 0.717) is 5.46 Å². The number of benzene rings is 18. The van der Waals surface area contributed by atoms with Crippen LogP contribution in [0.25, 0.3) is 133 Å². The zero-order valence-corrected chi connectivity index (χ0v) is 65.1. The van der Waals surface area contributed by atoms with Gasteiger partial charge in [-0.15, -0.1) is 0 Å². The number of fused-ring (bicyclic) bond motifs is 6. The number of halogens is 1. The molecule has 2 aromatic heterocycles. The van der Waals surface area contributed by atoms with Gasteiger partial charge in [-0.05, 0) is 235 Å². The van der Waals surface area contributed by atoms with E-state index in [4.69, 9.17) is 0 Å². The molecule has 552 valence electrons. The number of rotatable bonds is 16. The Morgan fingerprint density at radius 3 is 0.629 bits per heavy atom. The van der Waals surface area contributed by atoms with Gasteiger partial charge in [-0.2, -0.15) is 0 Å². The molecule has 2 heterocycles. The van der Waals surface area contributed by atoms with Crippen molar-refractivity contribution in [2.75, 3.05) is 9.80 Å². The van der Waals surface area contributed by atoms with Gasteiger partial charge in [-0.25, -0.2) is 0 Å². The summed E-state index contributed by atoms with van der Waals surface area (Å²) in [5, 5.41) is 24.0. The predicted octanol–water partition coefficient (Wildman–Crippen LogP) is 28.3. The summed E-state index contributed by atoms with van der Waals surface area (Å²) in [7, 11) is -1.49. The zero-order valence-electron chi connectivity index (χ0n) is 63.5. The van der Waals surface area contributed by atoms with Crippen molar-refractivity contribution in [3.05, 3.63) is 466 Å². The van der Waals surface area contributed by atoms with Crippen molar-refractivity contribution in [2.45, 2.75) is 0 Å². The first kappa shape index (κ1) is 73.1. The Balaban J connectivity index is 0.000000132. The molecule has 0 aliphatic carbocycles. The van der Waals surface area contributed by atoms with E-state index in [1.54, 1.807) is 12.1 Å². The SMILES string of the molecule is Brc1ccc2c(c1)c1cc(-c3ccccc3)ccc1n2-c1ccccc1.OB(O)c1ccc(N(c2ccc(-c3ccccc3)cc2)c2ccc(-c3ccccc3)cc2)cc1.c1ccc(-c2ccc(N(c3ccc(-c4ccccc4)cc3)c3ccc(-c4ccc5c(c4)c4cc(-c6ccccc6)ccc4n5-c4ccccc4)cc3)cc2)cc1. The second kappa shape index (κ2) is 33.5. The molecule has 0 spiro atoms. The molecule has 116 heavy (non-hydrogen) atoms. The lowest BCUT2D eigenvalue weighted by atomic mass is 9.80. The molecule has 0 saturated carbocycles. The van der Waals surface area contributed by atoms with Crippen LogP contribution in [0.5, 0.6) is 0 Å². The highest BCUT2D eigenvalue weighted by Crippen LogP contribution is 2.43. The van der Waals surface area contributed by atoms with Crippen LogP contribution in [0.3, 0.4) is 0 Å². The van der Waals surface area contributed by atoms with Gasteiger partial charge in [0.2, 0.25) is 0 Å². The largest absolute Gasteiger partial charge is 0.488 e. The van der Waals surface area contributed by atoms with Gasteiger partial charge in [-0.1, -0.05) is 325 Å². The molecule has 0 fully saturated rings. The van der Waals surface area contributed by atoms with E-state index >= 15 is 0 Å². The molecule has 0 saturated heterocycles. The smallest absolute Gasteiger partial charge is 0.423 e. The van der Waals surface area contributed by atoms with Gasteiger partial charge >= 0.3 is 7.12 Å². The maximum atomic E-state index is 9.51. The van der Waals surface area contributed by atoms with Crippen molar-refractivity contribution in [2.24, 2.45) is 0 Å². The number of aromatic nitrogens is 2. The molecule has 20 rings (SSSR count). The summed E-state index contributed by atoms with van der Waals surface area (Å²) in [6, 6.07) is 162. The average Bonchev–Trinajstić information content (AvgIpc) is 1.59. The van der Waals surface area contributed by atoms with Crippen molar-refractivity contribution < 1.29 is 10.0 Å². The first-order valence-corrected chi connectivity index (χ1v) is 39.9. The van der Waals surface area contributed by atoms with Crippen LogP contribution in [0.1, 0.15) is 0 Å². The van der Waals surface area contributed by atoms with Gasteiger partial charge in [0.05, 0.1) is 22.1 Å². The number of hydrogen-bond acceptors (Lipinski definition) is 4. The maximum Gasteiger partial charge on any atom is 0.488 e. The average molecular weight is 1550 g/mol. The molecule has 0 bridgehead atoms. The van der Waals surface area contributed by atoms with E-state index in [2.05, 4.69) is 435 Å². The highest BCUT2D eigenvalue weighted by molar-refractivity contribution is 9.10. The standard InChI is InChI=1S/C54H38N2.C30H24BNO2.C24H16BrN/c1-5-13-39(14-6-1)42-21-29-48(30-22-42)55(49-31-23-43(24-32-49)40-15-7-2-8-16-40)50-33-25-44(26-34-50)46-28-36-54-52(38-46)51-37-45(41-17-9-3-10-18-41)27-35-53(51)56(54)47-19-11-4-12-20-47;33-31(34)27-15-21-30(22-16-27)32(28-17-11-25(12-18-28)23-7-3-1-4-8-23)29-19-13-26(14-20-29)24-9-5-2-6-10-24;25-19-12-14-24-22(16-19)21-15-18(17-7-3-1-4-8-17)11-13-23(21)26(24)20-9-5-2-6-10-20/h1-38H;1-22,33-34H;1-16H. The molecule has 6 nitrogen and oxygen atoms in total. The van der Waals surface area contributed by atoms with Crippen LogP contribution in [0.2, 0.25) is 0 Å². The lowest BCUT2D eigenvalue weighted by Gasteiger charge is -2.26. The topological polar surface area (TPSA) is 56.8 Å². The summed E-state index contributed by atoms with van der Waals surface area (Å²) in [5.74, 6) is 0. The Kier molecular flexibility index (Phi) is 21.1. The molecule has 0 amide bonds. The van der Waals surface area contributed by atoms with E-state index in [-0.39, 0.29) is 0 Å². The molecule has 0 aliphatic rings. The van der Waals surface area contributed by atoms with Gasteiger partial charge in [0.1, 0.15) is 0 Å². The molecule has 20 aromatic rings. The minimum absolute atomic E-state index is 0.461. The maximum absolute atomic E-state index is 9.51. The Morgan fingerprint density at radius 2 is 0.379 bits per heavy atom. The first-order valence-electron chi connectivity index (χ1n) is 39.1. The minimum Gasteiger partial charge on any atom is -0.423 e. The minimum atomic E-state index is -1.49. The van der Waals surface area contributed by atoms with Gasteiger partial charge < -0.3 is 29.0 Å². The second-order valence-corrected chi connectivity index (χ2v) is 29.7. The fourth-order valence-electron chi connectivity index (χ4n) is 15.8. The van der Waals surface area contributed by atoms with Gasteiger partial charge in [0.25, 0.3) is 0 Å². The van der Waals surface area contributed by atoms with Crippen LogP contribution >= 0.6 is 15.9 Å². The van der Waals surface area contributed by atoms with Crippen molar-refractivity contribution in [1.29, 1.82) is 0 Å². The van der Waals surface area contributed by atoms with Crippen molar-refractivity contribution in [3.8, 4) is 89.3 Å². The summed E-state index contributed by atoms with van der Waals surface area (Å²) in [6.45, 7) is 0. The highest BCUT2D eigenvalue weighted by Gasteiger charge is 2.21. The molecular formula is C108H78BBrN4O2. The number of nitrogens with zero attached hydrogens (tertiary/aromatic N) is 4. The quantitative estimate of drug-likeness (QED) is 0.0947. The molecule has 8 heteroatoms. The second-order valence-electron chi connectivity index (χ2n) is 28.8. The van der Waals surface area contributed by atoms with Crippen LogP contribution < -0.4 is 15.3 Å². The molecule has 18 aromatic carbocycles. The van der Waals surface area contributed by atoms with E-state index in [9.17, 15) is 10.0 Å². The Labute approximate surface area is 685 Å². The third-order valence-corrected chi connectivity index (χ3v) is 22.1. The number of anilines is 6. The molecule has 0 radical (unpaired) electrons. The lowest BCUT2D eigenvalue weighted by Crippen LogP contribution is -2.29. The Bertz CT molecular complexity index is 6540. The Morgan fingerprint density at radius 1 is 0.190 bits per heavy atom. The van der Waals surface area contributed by atoms with Crippen molar-refractivity contribution in [1.82, 2.24) is 9.13 Å². The van der Waals surface area contributed by atoms with Gasteiger partial charge in [0.15, 0.2) is 0 Å². The molecule has 2 N–H and O–H groups in total. The van der Waals surface area contributed by atoms with Gasteiger partial charge in [-0.3, -0.25) is 0 Å². The fourth-order valence-corrected chi connectivity index (χ4v) is 16.1. The molecule has 0 unspecified atom stereocenters. The normalized spacial score (nSPS) is 11.1. The monoisotopic (exact) mass is 1550 g/mol. The third-order valence-electron chi connectivity index (χ3n) is 21.6. The third kappa shape index (κ3) is 15.6. The van der Waals surface area contributed by atoms with Crippen molar-refractivity contribution in [3.63, 3.8) is 0 Å².